The van der Waals surface area contributed by atoms with Crippen molar-refractivity contribution in [2.45, 2.75) is 44.2 Å². The maximum absolute atomic E-state index is 11.3. The zero-order valence-corrected chi connectivity index (χ0v) is 14.3. The molecular formula is C12H24O2S2Si. The third kappa shape index (κ3) is 6.13. The summed E-state index contributed by atoms with van der Waals surface area (Å²) in [4.78, 5) is 11.3. The van der Waals surface area contributed by atoms with E-state index in [9.17, 15) is 4.79 Å². The van der Waals surface area contributed by atoms with Crippen LogP contribution in [-0.4, -0.2) is 30.9 Å². The maximum Gasteiger partial charge on any atom is 0.246 e. The second-order valence-corrected chi connectivity index (χ2v) is 12.5. The second-order valence-electron chi connectivity index (χ2n) is 5.42. The summed E-state index contributed by atoms with van der Waals surface area (Å²) < 4.78 is 6.20. The van der Waals surface area contributed by atoms with Crippen LogP contribution in [-0.2, 0) is 4.43 Å². The van der Waals surface area contributed by atoms with Crippen molar-refractivity contribution in [3.05, 3.63) is 12.7 Å². The number of hydrogen-bond donors (Lipinski definition) is 0. The monoisotopic (exact) mass is 292 g/mol. The first kappa shape index (κ1) is 17.3. The lowest BCUT2D eigenvalue weighted by Gasteiger charge is -2.36. The SMILES string of the molecule is C=CC(CO[Si](C)(C)C(C)(C)C)SC(=O)SC. The van der Waals surface area contributed by atoms with E-state index in [4.69, 9.17) is 4.43 Å². The molecular weight excluding hydrogens is 268 g/mol. The van der Waals surface area contributed by atoms with Crippen LogP contribution in [0.1, 0.15) is 20.8 Å². The summed E-state index contributed by atoms with van der Waals surface area (Å²) in [7, 11) is -1.72. The Labute approximate surface area is 115 Å². The lowest BCUT2D eigenvalue weighted by atomic mass is 10.2. The molecule has 1 atom stereocenters. The van der Waals surface area contributed by atoms with Crippen molar-refractivity contribution in [1.29, 1.82) is 0 Å². The molecule has 0 saturated heterocycles. The van der Waals surface area contributed by atoms with E-state index >= 15 is 0 Å². The van der Waals surface area contributed by atoms with Crippen LogP contribution < -0.4 is 0 Å². The average Bonchev–Trinajstić information content (AvgIpc) is 2.22. The van der Waals surface area contributed by atoms with E-state index in [0.717, 1.165) is 0 Å². The zero-order chi connectivity index (χ0) is 13.7. The highest BCUT2D eigenvalue weighted by Crippen LogP contribution is 2.37. The molecule has 2 nitrogen and oxygen atoms in total. The van der Waals surface area contributed by atoms with Gasteiger partial charge in [-0.25, -0.2) is 0 Å². The van der Waals surface area contributed by atoms with Crippen molar-refractivity contribution in [3.8, 4) is 0 Å². The fourth-order valence-corrected chi connectivity index (χ4v) is 3.21. The first-order chi connectivity index (χ1) is 7.64. The van der Waals surface area contributed by atoms with Crippen molar-refractivity contribution < 1.29 is 9.22 Å². The summed E-state index contributed by atoms with van der Waals surface area (Å²) in [5, 5.41) is 0.261. The van der Waals surface area contributed by atoms with Crippen LogP contribution >= 0.6 is 23.5 Å². The molecule has 0 heterocycles. The third-order valence-electron chi connectivity index (χ3n) is 3.09. The van der Waals surface area contributed by atoms with Crippen LogP contribution in [0.25, 0.3) is 0 Å². The van der Waals surface area contributed by atoms with E-state index in [1.165, 1.54) is 23.5 Å². The molecule has 0 amide bonds. The minimum atomic E-state index is -1.72. The van der Waals surface area contributed by atoms with Gasteiger partial charge in [-0.15, -0.1) is 6.58 Å². The van der Waals surface area contributed by atoms with Gasteiger partial charge >= 0.3 is 0 Å². The van der Waals surface area contributed by atoms with Gasteiger partial charge in [-0.05, 0) is 24.4 Å². The maximum atomic E-state index is 11.3. The lowest BCUT2D eigenvalue weighted by molar-refractivity contribution is 0.275. The molecule has 0 N–H and O–H groups in total. The minimum Gasteiger partial charge on any atom is -0.415 e. The van der Waals surface area contributed by atoms with E-state index in [1.54, 1.807) is 12.3 Å². The Balaban J connectivity index is 4.33. The normalized spacial score (nSPS) is 14.5. The number of carbonyl (C=O) groups excluding carboxylic acids is 1. The lowest BCUT2D eigenvalue weighted by Crippen LogP contribution is -2.42. The van der Waals surface area contributed by atoms with Crippen LogP contribution in [0.15, 0.2) is 12.7 Å². The molecule has 0 aliphatic rings. The van der Waals surface area contributed by atoms with Gasteiger partial charge in [0.15, 0.2) is 8.32 Å². The summed E-state index contributed by atoms with van der Waals surface area (Å²) in [6, 6.07) is 0. The standard InChI is InChI=1S/C12H24O2S2Si/c1-8-10(16-11(13)15-5)9-14-17(6,7)12(2,3)4/h8,10H,1,9H2,2-7H3. The highest BCUT2D eigenvalue weighted by atomic mass is 32.2. The number of thioether (sulfide) groups is 2. The van der Waals surface area contributed by atoms with Crippen molar-refractivity contribution in [3.63, 3.8) is 0 Å². The van der Waals surface area contributed by atoms with Gasteiger partial charge in [-0.3, -0.25) is 4.79 Å². The molecule has 100 valence electrons. The summed E-state index contributed by atoms with van der Waals surface area (Å²) >= 11 is 2.54. The Hall–Kier alpha value is 0.287. The molecule has 0 aromatic heterocycles. The molecule has 5 heteroatoms. The Morgan fingerprint density at radius 3 is 2.35 bits per heavy atom. The van der Waals surface area contributed by atoms with Crippen molar-refractivity contribution in [2.24, 2.45) is 0 Å². The Bertz CT molecular complexity index is 272. The number of carbonyl (C=O) groups is 1. The smallest absolute Gasteiger partial charge is 0.246 e. The zero-order valence-electron chi connectivity index (χ0n) is 11.7. The van der Waals surface area contributed by atoms with Gasteiger partial charge in [0.2, 0.25) is 4.45 Å². The van der Waals surface area contributed by atoms with E-state index in [2.05, 4.69) is 40.4 Å². The molecule has 1 unspecified atom stereocenters. The van der Waals surface area contributed by atoms with Gasteiger partial charge in [-0.1, -0.05) is 50.4 Å². The third-order valence-corrected chi connectivity index (χ3v) is 9.54. The first-order valence-electron chi connectivity index (χ1n) is 5.65. The van der Waals surface area contributed by atoms with Gasteiger partial charge in [0.25, 0.3) is 0 Å². The summed E-state index contributed by atoms with van der Waals surface area (Å²) in [5.74, 6) is 0. The highest BCUT2D eigenvalue weighted by Gasteiger charge is 2.37. The molecule has 0 fully saturated rings. The van der Waals surface area contributed by atoms with Gasteiger partial charge in [0.05, 0.1) is 5.25 Å². The van der Waals surface area contributed by atoms with E-state index in [-0.39, 0.29) is 14.7 Å². The molecule has 17 heavy (non-hydrogen) atoms. The Morgan fingerprint density at radius 2 is 2.00 bits per heavy atom. The van der Waals surface area contributed by atoms with Gasteiger partial charge in [-0.2, -0.15) is 0 Å². The molecule has 0 aliphatic heterocycles. The average molecular weight is 293 g/mol. The fourth-order valence-electron chi connectivity index (χ4n) is 0.829. The first-order valence-corrected chi connectivity index (χ1v) is 10.7. The molecule has 0 spiro atoms. The molecule has 0 radical (unpaired) electrons. The van der Waals surface area contributed by atoms with Gasteiger partial charge in [0, 0.05) is 6.61 Å². The predicted molar refractivity (Wildman–Crippen MR) is 83.6 cm³/mol. The summed E-state index contributed by atoms with van der Waals surface area (Å²) in [6.07, 6.45) is 3.59. The van der Waals surface area contributed by atoms with Crippen LogP contribution in [0.5, 0.6) is 0 Å². The second kappa shape index (κ2) is 7.02. The molecule has 0 rings (SSSR count). The topological polar surface area (TPSA) is 26.3 Å². The van der Waals surface area contributed by atoms with Crippen LogP contribution in [0.4, 0.5) is 4.79 Å². The largest absolute Gasteiger partial charge is 0.415 e. The van der Waals surface area contributed by atoms with Crippen molar-refractivity contribution in [1.82, 2.24) is 0 Å². The van der Waals surface area contributed by atoms with Crippen molar-refractivity contribution >= 4 is 36.3 Å². The molecule has 0 aromatic rings. The molecule has 0 bridgehead atoms. The quantitative estimate of drug-likeness (QED) is 0.538. The summed E-state index contributed by atoms with van der Waals surface area (Å²) in [6.45, 7) is 15.4. The highest BCUT2D eigenvalue weighted by molar-refractivity contribution is 8.38. The van der Waals surface area contributed by atoms with E-state index in [1.807, 2.05) is 0 Å². The van der Waals surface area contributed by atoms with Crippen LogP contribution in [0.3, 0.4) is 0 Å². The number of hydrogen-bond acceptors (Lipinski definition) is 4. The Morgan fingerprint density at radius 1 is 1.47 bits per heavy atom. The van der Waals surface area contributed by atoms with E-state index < -0.39 is 8.32 Å². The predicted octanol–water partition coefficient (Wildman–Crippen LogP) is 4.78. The van der Waals surface area contributed by atoms with E-state index in [0.29, 0.717) is 6.61 Å². The fraction of sp³-hybridized carbons (Fsp3) is 0.750. The molecule has 0 aromatic carbocycles. The van der Waals surface area contributed by atoms with Crippen LogP contribution in [0.2, 0.25) is 18.1 Å². The number of rotatable bonds is 5. The van der Waals surface area contributed by atoms with Gasteiger partial charge in [0.1, 0.15) is 0 Å². The Kier molecular flexibility index (Phi) is 7.14. The minimum absolute atomic E-state index is 0.0593. The summed E-state index contributed by atoms with van der Waals surface area (Å²) in [5.41, 5.74) is 0. The van der Waals surface area contributed by atoms with Crippen molar-refractivity contribution in [2.75, 3.05) is 12.9 Å². The molecule has 0 aliphatic carbocycles. The molecule has 0 saturated carbocycles. The van der Waals surface area contributed by atoms with Gasteiger partial charge < -0.3 is 4.43 Å². The van der Waals surface area contributed by atoms with Crippen LogP contribution in [0, 0.1) is 0 Å².